The molecule has 27 heavy (non-hydrogen) atoms. The van der Waals surface area contributed by atoms with Crippen molar-refractivity contribution in [1.29, 1.82) is 0 Å². The Balaban J connectivity index is 0.00000364. The van der Waals surface area contributed by atoms with Gasteiger partial charge in [-0.2, -0.15) is 0 Å². The number of nitrogens with two attached hydrogens (primary N) is 1. The largest absolute Gasteiger partial charge is 0.493 e. The number of anilines is 2. The van der Waals surface area contributed by atoms with Crippen LogP contribution in [0.2, 0.25) is 0 Å². The van der Waals surface area contributed by atoms with Crippen molar-refractivity contribution in [1.82, 2.24) is 10.3 Å². The van der Waals surface area contributed by atoms with Crippen molar-refractivity contribution in [2.75, 3.05) is 24.8 Å². The van der Waals surface area contributed by atoms with Gasteiger partial charge in [0.25, 0.3) is 11.8 Å². The summed E-state index contributed by atoms with van der Waals surface area (Å²) in [7, 11) is 1.46. The van der Waals surface area contributed by atoms with Crippen molar-refractivity contribution in [3.05, 3.63) is 42.1 Å². The molecule has 146 valence electrons. The second-order valence-corrected chi connectivity index (χ2v) is 5.80. The summed E-state index contributed by atoms with van der Waals surface area (Å²) in [6, 6.07) is 7.98. The molecule has 0 aliphatic heterocycles. The molecule has 0 atom stereocenters. The van der Waals surface area contributed by atoms with Crippen LogP contribution >= 0.6 is 12.4 Å². The van der Waals surface area contributed by atoms with Gasteiger partial charge < -0.3 is 25.8 Å². The summed E-state index contributed by atoms with van der Waals surface area (Å²) in [5, 5.41) is 5.44. The fourth-order valence-electron chi connectivity index (χ4n) is 2.12. The highest BCUT2D eigenvalue weighted by atomic mass is 35.5. The lowest BCUT2D eigenvalue weighted by molar-refractivity contribution is -0.123. The van der Waals surface area contributed by atoms with Gasteiger partial charge in [-0.05, 0) is 44.2 Å². The van der Waals surface area contributed by atoms with E-state index in [0.717, 1.165) is 0 Å². The maximum atomic E-state index is 12.3. The summed E-state index contributed by atoms with van der Waals surface area (Å²) in [5.74, 6) is 0.522. The van der Waals surface area contributed by atoms with Crippen molar-refractivity contribution in [2.24, 2.45) is 0 Å². The van der Waals surface area contributed by atoms with Crippen LogP contribution in [-0.4, -0.2) is 36.6 Å². The topological polar surface area (TPSA) is 116 Å². The highest BCUT2D eigenvalue weighted by Gasteiger charge is 2.13. The summed E-state index contributed by atoms with van der Waals surface area (Å²) in [4.78, 5) is 27.9. The van der Waals surface area contributed by atoms with Gasteiger partial charge in [-0.15, -0.1) is 12.4 Å². The molecule has 0 spiro atoms. The third-order valence-corrected chi connectivity index (χ3v) is 3.28. The molecule has 0 aliphatic rings. The van der Waals surface area contributed by atoms with Crippen molar-refractivity contribution < 1.29 is 19.1 Å². The Bertz CT molecular complexity index is 781. The summed E-state index contributed by atoms with van der Waals surface area (Å²) in [6.45, 7) is 3.59. The maximum absolute atomic E-state index is 12.3. The first kappa shape index (κ1) is 22.0. The summed E-state index contributed by atoms with van der Waals surface area (Å²) in [6.07, 6.45) is 1.47. The van der Waals surface area contributed by atoms with Gasteiger partial charge in [-0.1, -0.05) is 0 Å². The molecular weight excluding hydrogens is 372 g/mol. The van der Waals surface area contributed by atoms with Gasteiger partial charge in [0.15, 0.2) is 18.1 Å². The Morgan fingerprint density at radius 3 is 2.52 bits per heavy atom. The highest BCUT2D eigenvalue weighted by molar-refractivity contribution is 6.04. The van der Waals surface area contributed by atoms with Gasteiger partial charge in [0.05, 0.1) is 19.0 Å². The molecule has 1 aromatic heterocycles. The second kappa shape index (κ2) is 10.2. The van der Waals surface area contributed by atoms with Crippen LogP contribution in [-0.2, 0) is 4.79 Å². The number of methoxy groups -OCH3 is 1. The van der Waals surface area contributed by atoms with Gasteiger partial charge in [0.1, 0.15) is 5.82 Å². The number of hydrogen-bond donors (Lipinski definition) is 3. The fourth-order valence-corrected chi connectivity index (χ4v) is 2.12. The highest BCUT2D eigenvalue weighted by Crippen LogP contribution is 2.28. The smallest absolute Gasteiger partial charge is 0.258 e. The molecule has 8 nitrogen and oxygen atoms in total. The van der Waals surface area contributed by atoms with Crippen molar-refractivity contribution >= 4 is 35.7 Å². The van der Waals surface area contributed by atoms with Crippen LogP contribution in [0.1, 0.15) is 24.2 Å². The number of amides is 2. The minimum absolute atomic E-state index is 0. The van der Waals surface area contributed by atoms with E-state index >= 15 is 0 Å². The number of benzene rings is 1. The molecule has 1 aromatic carbocycles. The number of rotatable bonds is 7. The van der Waals surface area contributed by atoms with Crippen LogP contribution in [0.25, 0.3) is 0 Å². The molecule has 9 heteroatoms. The summed E-state index contributed by atoms with van der Waals surface area (Å²) >= 11 is 0. The third kappa shape index (κ3) is 6.67. The maximum Gasteiger partial charge on any atom is 0.258 e. The molecule has 1 heterocycles. The average Bonchev–Trinajstić information content (AvgIpc) is 2.61. The van der Waals surface area contributed by atoms with E-state index in [-0.39, 0.29) is 36.9 Å². The van der Waals surface area contributed by atoms with Gasteiger partial charge in [0.2, 0.25) is 0 Å². The van der Waals surface area contributed by atoms with Gasteiger partial charge >= 0.3 is 0 Å². The molecule has 0 aliphatic carbocycles. The number of ether oxygens (including phenoxy) is 2. The number of hydrogen-bond acceptors (Lipinski definition) is 6. The van der Waals surface area contributed by atoms with Crippen LogP contribution in [0, 0.1) is 0 Å². The number of aromatic nitrogens is 1. The summed E-state index contributed by atoms with van der Waals surface area (Å²) < 4.78 is 10.7. The first-order valence-corrected chi connectivity index (χ1v) is 8.02. The number of halogens is 1. The Morgan fingerprint density at radius 1 is 1.19 bits per heavy atom. The van der Waals surface area contributed by atoms with Gasteiger partial charge in [-0.25, -0.2) is 4.98 Å². The average molecular weight is 395 g/mol. The number of nitrogens with zero attached hydrogens (tertiary/aromatic N) is 1. The van der Waals surface area contributed by atoms with Crippen LogP contribution < -0.4 is 25.8 Å². The molecule has 0 fully saturated rings. The molecule has 0 saturated heterocycles. The molecule has 4 N–H and O–H groups in total. The van der Waals surface area contributed by atoms with Crippen molar-refractivity contribution in [3.8, 4) is 11.5 Å². The second-order valence-electron chi connectivity index (χ2n) is 5.80. The van der Waals surface area contributed by atoms with E-state index in [1.54, 1.807) is 24.3 Å². The van der Waals surface area contributed by atoms with E-state index in [9.17, 15) is 9.59 Å². The predicted molar refractivity (Wildman–Crippen MR) is 106 cm³/mol. The molecule has 2 amide bonds. The van der Waals surface area contributed by atoms with Gasteiger partial charge in [0, 0.05) is 11.6 Å². The number of nitrogen functional groups attached to an aromatic ring is 1. The van der Waals surface area contributed by atoms with E-state index in [0.29, 0.717) is 28.6 Å². The number of nitrogens with one attached hydrogen (secondary N) is 2. The standard InChI is InChI=1S/C18H22N4O4.ClH/c1-11(2)21-17(23)10-26-14-6-4-12(8-15(14)25-3)18(24)22-13-5-7-16(19)20-9-13;/h4-9,11H,10H2,1-3H3,(H2,19,20)(H,21,23)(H,22,24);1H. The Labute approximate surface area is 163 Å². The van der Waals surface area contributed by atoms with E-state index < -0.39 is 0 Å². The van der Waals surface area contributed by atoms with Crippen LogP contribution in [0.3, 0.4) is 0 Å². The lowest BCUT2D eigenvalue weighted by Gasteiger charge is -2.13. The lowest BCUT2D eigenvalue weighted by atomic mass is 10.2. The first-order valence-electron chi connectivity index (χ1n) is 8.02. The van der Waals surface area contributed by atoms with E-state index in [1.165, 1.54) is 19.4 Å². The molecular formula is C18H23ClN4O4. The normalized spacial score (nSPS) is 9.93. The first-order chi connectivity index (χ1) is 12.4. The number of carbonyl (C=O) groups is 2. The molecule has 0 unspecified atom stereocenters. The van der Waals surface area contributed by atoms with Crippen molar-refractivity contribution in [2.45, 2.75) is 19.9 Å². The van der Waals surface area contributed by atoms with Crippen LogP contribution in [0.15, 0.2) is 36.5 Å². The van der Waals surface area contributed by atoms with E-state index in [2.05, 4.69) is 15.6 Å². The minimum Gasteiger partial charge on any atom is -0.493 e. The van der Waals surface area contributed by atoms with Crippen molar-refractivity contribution in [3.63, 3.8) is 0 Å². The van der Waals surface area contributed by atoms with E-state index in [4.69, 9.17) is 15.2 Å². The minimum atomic E-state index is -0.334. The number of pyridine rings is 1. The van der Waals surface area contributed by atoms with Gasteiger partial charge in [-0.3, -0.25) is 9.59 Å². The Kier molecular flexibility index (Phi) is 8.34. The fraction of sp³-hybridized carbons (Fsp3) is 0.278. The molecule has 2 rings (SSSR count). The SMILES string of the molecule is COc1cc(C(=O)Nc2ccc(N)nc2)ccc1OCC(=O)NC(C)C.Cl. The zero-order chi connectivity index (χ0) is 19.1. The zero-order valence-electron chi connectivity index (χ0n) is 15.3. The molecule has 0 bridgehead atoms. The lowest BCUT2D eigenvalue weighted by Crippen LogP contribution is -2.34. The molecule has 2 aromatic rings. The van der Waals surface area contributed by atoms with Crippen LogP contribution in [0.4, 0.5) is 11.5 Å². The molecule has 0 radical (unpaired) electrons. The quantitative estimate of drug-likeness (QED) is 0.663. The third-order valence-electron chi connectivity index (χ3n) is 3.28. The monoisotopic (exact) mass is 394 g/mol. The van der Waals surface area contributed by atoms with Crippen LogP contribution in [0.5, 0.6) is 11.5 Å². The zero-order valence-corrected chi connectivity index (χ0v) is 16.1. The Hall–Kier alpha value is -3.00. The Morgan fingerprint density at radius 2 is 1.93 bits per heavy atom. The number of carbonyl (C=O) groups excluding carboxylic acids is 2. The predicted octanol–water partition coefficient (Wildman–Crippen LogP) is 2.25. The van der Waals surface area contributed by atoms with E-state index in [1.807, 2.05) is 13.8 Å². The molecule has 0 saturated carbocycles. The summed E-state index contributed by atoms with van der Waals surface area (Å²) in [5.41, 5.74) is 6.41.